The van der Waals surface area contributed by atoms with Crippen LogP contribution in [-0.2, 0) is 4.79 Å². The summed E-state index contributed by atoms with van der Waals surface area (Å²) in [6, 6.07) is 27.9. The van der Waals surface area contributed by atoms with Crippen LogP contribution in [0.2, 0.25) is 0 Å². The maximum absolute atomic E-state index is 11.9. The number of benzene rings is 4. The van der Waals surface area contributed by atoms with Gasteiger partial charge in [-0.15, -0.1) is 0 Å². The SMILES string of the molecule is O=C(COc1ccc2ccccc2c1)NN=Cc1ccc2ccccc2c1. The van der Waals surface area contributed by atoms with Crippen LogP contribution < -0.4 is 10.2 Å². The standard InChI is InChI=1S/C23H18N2O2/c26-23(16-27-22-12-11-19-6-2-4-8-21(19)14-22)25-24-15-17-9-10-18-5-1-3-7-20(18)13-17/h1-15H,16H2,(H,25,26). The van der Waals surface area contributed by atoms with Crippen molar-refractivity contribution >= 4 is 33.7 Å². The Morgan fingerprint density at radius 1 is 0.815 bits per heavy atom. The Labute approximate surface area is 157 Å². The van der Waals surface area contributed by atoms with Gasteiger partial charge in [0, 0.05) is 0 Å². The van der Waals surface area contributed by atoms with E-state index >= 15 is 0 Å². The molecule has 1 N–H and O–H groups in total. The molecule has 4 rings (SSSR count). The van der Waals surface area contributed by atoms with Crippen LogP contribution in [0.1, 0.15) is 5.56 Å². The van der Waals surface area contributed by atoms with E-state index in [9.17, 15) is 4.79 Å². The van der Waals surface area contributed by atoms with Crippen molar-refractivity contribution in [2.45, 2.75) is 0 Å². The van der Waals surface area contributed by atoms with Gasteiger partial charge in [0.05, 0.1) is 6.21 Å². The fourth-order valence-corrected chi connectivity index (χ4v) is 2.91. The topological polar surface area (TPSA) is 50.7 Å². The van der Waals surface area contributed by atoms with Crippen molar-refractivity contribution in [3.05, 3.63) is 90.5 Å². The van der Waals surface area contributed by atoms with Crippen molar-refractivity contribution in [2.75, 3.05) is 6.61 Å². The first-order chi connectivity index (χ1) is 13.3. The number of nitrogens with one attached hydrogen (secondary N) is 1. The number of ether oxygens (including phenoxy) is 1. The maximum atomic E-state index is 11.9. The quantitative estimate of drug-likeness (QED) is 0.423. The van der Waals surface area contributed by atoms with E-state index in [4.69, 9.17) is 4.74 Å². The molecular formula is C23H18N2O2. The molecule has 4 aromatic carbocycles. The summed E-state index contributed by atoms with van der Waals surface area (Å²) in [6.45, 7) is -0.0899. The minimum absolute atomic E-state index is 0.0899. The molecule has 0 aliphatic carbocycles. The molecular weight excluding hydrogens is 336 g/mol. The van der Waals surface area contributed by atoms with Crippen LogP contribution in [0, 0.1) is 0 Å². The Balaban J connectivity index is 1.33. The van der Waals surface area contributed by atoms with Gasteiger partial charge >= 0.3 is 0 Å². The lowest BCUT2D eigenvalue weighted by molar-refractivity contribution is -0.123. The molecule has 4 aromatic rings. The predicted octanol–water partition coefficient (Wildman–Crippen LogP) is 4.52. The fraction of sp³-hybridized carbons (Fsp3) is 0.0435. The first-order valence-electron chi connectivity index (χ1n) is 8.70. The third-order valence-electron chi connectivity index (χ3n) is 4.27. The van der Waals surface area contributed by atoms with Crippen LogP contribution >= 0.6 is 0 Å². The summed E-state index contributed by atoms with van der Waals surface area (Å²) in [5, 5.41) is 8.51. The molecule has 0 aliphatic rings. The van der Waals surface area contributed by atoms with Crippen LogP contribution in [-0.4, -0.2) is 18.7 Å². The van der Waals surface area contributed by atoms with Gasteiger partial charge in [-0.05, 0) is 45.3 Å². The molecule has 0 unspecified atom stereocenters. The molecule has 0 saturated heterocycles. The smallest absolute Gasteiger partial charge is 0.277 e. The summed E-state index contributed by atoms with van der Waals surface area (Å²) >= 11 is 0. The highest BCUT2D eigenvalue weighted by atomic mass is 16.5. The number of hydrazone groups is 1. The highest BCUT2D eigenvalue weighted by Crippen LogP contribution is 2.20. The van der Waals surface area contributed by atoms with E-state index in [1.54, 1.807) is 6.21 Å². The summed E-state index contributed by atoms with van der Waals surface area (Å²) in [7, 11) is 0. The molecule has 132 valence electrons. The third-order valence-corrected chi connectivity index (χ3v) is 4.27. The van der Waals surface area contributed by atoms with Gasteiger partial charge in [-0.25, -0.2) is 5.43 Å². The summed E-state index contributed by atoms with van der Waals surface area (Å²) in [5.41, 5.74) is 3.41. The molecule has 4 heteroatoms. The summed E-state index contributed by atoms with van der Waals surface area (Å²) in [5.74, 6) is 0.350. The molecule has 27 heavy (non-hydrogen) atoms. The van der Waals surface area contributed by atoms with Crippen LogP contribution in [0.5, 0.6) is 5.75 Å². The fourth-order valence-electron chi connectivity index (χ4n) is 2.91. The van der Waals surface area contributed by atoms with Gasteiger partial charge in [0.2, 0.25) is 0 Å². The average Bonchev–Trinajstić information content (AvgIpc) is 2.72. The molecule has 0 heterocycles. The van der Waals surface area contributed by atoms with Crippen LogP contribution in [0.4, 0.5) is 0 Å². The molecule has 0 aliphatic heterocycles. The largest absolute Gasteiger partial charge is 0.484 e. The van der Waals surface area contributed by atoms with Crippen molar-refractivity contribution in [2.24, 2.45) is 5.10 Å². The number of amides is 1. The monoisotopic (exact) mass is 354 g/mol. The van der Waals surface area contributed by atoms with Gasteiger partial charge in [-0.1, -0.05) is 66.7 Å². The predicted molar refractivity (Wildman–Crippen MR) is 109 cm³/mol. The van der Waals surface area contributed by atoms with Crippen molar-refractivity contribution in [1.82, 2.24) is 5.43 Å². The Kier molecular flexibility index (Phi) is 4.79. The van der Waals surface area contributed by atoms with E-state index in [1.165, 1.54) is 5.39 Å². The molecule has 0 aromatic heterocycles. The zero-order valence-electron chi connectivity index (χ0n) is 14.6. The normalized spacial score (nSPS) is 11.1. The van der Waals surface area contributed by atoms with Crippen molar-refractivity contribution in [1.29, 1.82) is 0 Å². The van der Waals surface area contributed by atoms with Gasteiger partial charge in [-0.2, -0.15) is 5.10 Å². The van der Waals surface area contributed by atoms with Crippen molar-refractivity contribution in [3.8, 4) is 5.75 Å². The number of hydrogen-bond donors (Lipinski definition) is 1. The Morgan fingerprint density at radius 3 is 2.19 bits per heavy atom. The van der Waals surface area contributed by atoms with E-state index in [2.05, 4.69) is 16.6 Å². The zero-order valence-corrected chi connectivity index (χ0v) is 14.6. The van der Waals surface area contributed by atoms with Gasteiger partial charge in [-0.3, -0.25) is 4.79 Å². The van der Waals surface area contributed by atoms with E-state index in [-0.39, 0.29) is 12.5 Å². The van der Waals surface area contributed by atoms with Crippen LogP contribution in [0.25, 0.3) is 21.5 Å². The lowest BCUT2D eigenvalue weighted by Gasteiger charge is -2.06. The number of rotatable bonds is 5. The minimum Gasteiger partial charge on any atom is -0.484 e. The molecule has 0 spiro atoms. The molecule has 0 atom stereocenters. The number of hydrogen-bond acceptors (Lipinski definition) is 3. The van der Waals surface area contributed by atoms with Crippen LogP contribution in [0.3, 0.4) is 0 Å². The van der Waals surface area contributed by atoms with Gasteiger partial charge in [0.15, 0.2) is 6.61 Å². The Bertz CT molecular complexity index is 1140. The van der Waals surface area contributed by atoms with E-state index in [0.717, 1.165) is 21.7 Å². The maximum Gasteiger partial charge on any atom is 0.277 e. The second kappa shape index (κ2) is 7.70. The number of nitrogens with zero attached hydrogens (tertiary/aromatic N) is 1. The van der Waals surface area contributed by atoms with Crippen LogP contribution in [0.15, 0.2) is 90.0 Å². The highest BCUT2D eigenvalue weighted by Gasteiger charge is 2.02. The number of fused-ring (bicyclic) bond motifs is 2. The molecule has 0 bridgehead atoms. The second-order valence-electron chi connectivity index (χ2n) is 6.20. The first kappa shape index (κ1) is 16.8. The van der Waals surface area contributed by atoms with Gasteiger partial charge in [0.25, 0.3) is 5.91 Å². The Morgan fingerprint density at radius 2 is 1.44 bits per heavy atom. The van der Waals surface area contributed by atoms with E-state index in [1.807, 2.05) is 78.9 Å². The average molecular weight is 354 g/mol. The van der Waals surface area contributed by atoms with E-state index < -0.39 is 0 Å². The van der Waals surface area contributed by atoms with Crippen molar-refractivity contribution < 1.29 is 9.53 Å². The number of carbonyl (C=O) groups excluding carboxylic acids is 1. The second-order valence-corrected chi connectivity index (χ2v) is 6.20. The highest BCUT2D eigenvalue weighted by molar-refractivity contribution is 5.91. The molecule has 0 radical (unpaired) electrons. The lowest BCUT2D eigenvalue weighted by Crippen LogP contribution is -2.24. The molecule has 1 amide bonds. The van der Waals surface area contributed by atoms with Crippen molar-refractivity contribution in [3.63, 3.8) is 0 Å². The summed E-state index contributed by atoms with van der Waals surface area (Å²) < 4.78 is 5.55. The molecule has 4 nitrogen and oxygen atoms in total. The lowest BCUT2D eigenvalue weighted by atomic mass is 10.1. The number of carbonyl (C=O) groups is 1. The minimum atomic E-state index is -0.305. The van der Waals surface area contributed by atoms with Gasteiger partial charge < -0.3 is 4.74 Å². The zero-order chi connectivity index (χ0) is 18.5. The molecule has 0 saturated carbocycles. The summed E-state index contributed by atoms with van der Waals surface area (Å²) in [4.78, 5) is 11.9. The third kappa shape index (κ3) is 4.12. The van der Waals surface area contributed by atoms with Gasteiger partial charge in [0.1, 0.15) is 5.75 Å². The summed E-state index contributed by atoms with van der Waals surface area (Å²) in [6.07, 6.45) is 1.63. The molecule has 0 fully saturated rings. The Hall–Kier alpha value is -3.66. The van der Waals surface area contributed by atoms with E-state index in [0.29, 0.717) is 5.75 Å². The first-order valence-corrected chi connectivity index (χ1v) is 8.70.